The van der Waals surface area contributed by atoms with E-state index in [0.29, 0.717) is 29.5 Å². The Kier molecular flexibility index (Phi) is 3.31. The van der Waals surface area contributed by atoms with Crippen LogP contribution in [0.15, 0.2) is 34.9 Å². The SMILES string of the molecule is COc1ccc2nc(C(=O)NCc3ccc(C)o3)cn2n1. The average molecular weight is 286 g/mol. The fourth-order valence-electron chi connectivity index (χ4n) is 1.92. The van der Waals surface area contributed by atoms with E-state index in [4.69, 9.17) is 9.15 Å². The van der Waals surface area contributed by atoms with Crippen LogP contribution in [0.3, 0.4) is 0 Å². The highest BCUT2D eigenvalue weighted by molar-refractivity contribution is 5.92. The maximum absolute atomic E-state index is 12.1. The lowest BCUT2D eigenvalue weighted by Gasteiger charge is -1.99. The summed E-state index contributed by atoms with van der Waals surface area (Å²) in [6.45, 7) is 2.17. The number of nitrogens with zero attached hydrogens (tertiary/aromatic N) is 3. The van der Waals surface area contributed by atoms with Gasteiger partial charge in [-0.05, 0) is 25.1 Å². The van der Waals surface area contributed by atoms with Crippen LogP contribution < -0.4 is 10.1 Å². The zero-order valence-corrected chi connectivity index (χ0v) is 11.7. The molecule has 1 amide bonds. The van der Waals surface area contributed by atoms with Crippen molar-refractivity contribution in [2.45, 2.75) is 13.5 Å². The molecular formula is C14H14N4O3. The number of furan rings is 1. The van der Waals surface area contributed by atoms with Crippen LogP contribution in [0, 0.1) is 6.92 Å². The molecule has 0 radical (unpaired) electrons. The molecule has 108 valence electrons. The number of imidazole rings is 1. The van der Waals surface area contributed by atoms with E-state index in [-0.39, 0.29) is 5.91 Å². The minimum absolute atomic E-state index is 0.284. The molecule has 0 bridgehead atoms. The number of carbonyl (C=O) groups excluding carboxylic acids is 1. The number of aromatic nitrogens is 3. The Morgan fingerprint density at radius 1 is 1.38 bits per heavy atom. The minimum atomic E-state index is -0.284. The number of aryl methyl sites for hydroxylation is 1. The topological polar surface area (TPSA) is 81.7 Å². The van der Waals surface area contributed by atoms with Crippen LogP contribution in [0.5, 0.6) is 5.88 Å². The molecule has 0 aliphatic carbocycles. The fourth-order valence-corrected chi connectivity index (χ4v) is 1.92. The second-order valence-corrected chi connectivity index (χ2v) is 4.50. The third-order valence-corrected chi connectivity index (χ3v) is 2.96. The zero-order valence-electron chi connectivity index (χ0n) is 11.7. The Labute approximate surface area is 120 Å². The van der Waals surface area contributed by atoms with Crippen LogP contribution in [0.4, 0.5) is 0 Å². The molecule has 7 heteroatoms. The molecular weight excluding hydrogens is 272 g/mol. The standard InChI is InChI=1S/C14H14N4O3/c1-9-3-4-10(21-9)7-15-14(19)11-8-18-12(16-11)5-6-13(17-18)20-2/h3-6,8H,7H2,1-2H3,(H,15,19). The van der Waals surface area contributed by atoms with E-state index in [2.05, 4.69) is 15.4 Å². The number of methoxy groups -OCH3 is 1. The molecule has 0 atom stereocenters. The van der Waals surface area contributed by atoms with Gasteiger partial charge in [-0.15, -0.1) is 5.10 Å². The largest absolute Gasteiger partial charge is 0.480 e. The summed E-state index contributed by atoms with van der Waals surface area (Å²) in [7, 11) is 1.53. The van der Waals surface area contributed by atoms with Crippen molar-refractivity contribution in [2.75, 3.05) is 7.11 Å². The van der Waals surface area contributed by atoms with Crippen molar-refractivity contribution < 1.29 is 13.9 Å². The van der Waals surface area contributed by atoms with Gasteiger partial charge in [-0.1, -0.05) is 0 Å². The van der Waals surface area contributed by atoms with Gasteiger partial charge in [0.1, 0.15) is 17.2 Å². The summed E-state index contributed by atoms with van der Waals surface area (Å²) in [6, 6.07) is 7.10. The second-order valence-electron chi connectivity index (χ2n) is 4.50. The number of hydrogen-bond donors (Lipinski definition) is 1. The van der Waals surface area contributed by atoms with Crippen molar-refractivity contribution in [2.24, 2.45) is 0 Å². The summed E-state index contributed by atoms with van der Waals surface area (Å²) >= 11 is 0. The lowest BCUT2D eigenvalue weighted by atomic mass is 10.4. The number of hydrogen-bond acceptors (Lipinski definition) is 5. The molecule has 0 fully saturated rings. The fraction of sp³-hybridized carbons (Fsp3) is 0.214. The lowest BCUT2D eigenvalue weighted by Crippen LogP contribution is -2.22. The monoisotopic (exact) mass is 286 g/mol. The van der Waals surface area contributed by atoms with Crippen molar-refractivity contribution in [3.63, 3.8) is 0 Å². The first-order valence-corrected chi connectivity index (χ1v) is 6.39. The highest BCUT2D eigenvalue weighted by atomic mass is 16.5. The summed E-state index contributed by atoms with van der Waals surface area (Å²) < 4.78 is 11.9. The highest BCUT2D eigenvalue weighted by Gasteiger charge is 2.12. The number of rotatable bonds is 4. The molecule has 3 aromatic heterocycles. The molecule has 0 spiro atoms. The van der Waals surface area contributed by atoms with E-state index < -0.39 is 0 Å². The van der Waals surface area contributed by atoms with Gasteiger partial charge in [0.15, 0.2) is 5.65 Å². The van der Waals surface area contributed by atoms with Crippen LogP contribution in [0.25, 0.3) is 5.65 Å². The van der Waals surface area contributed by atoms with Crippen molar-refractivity contribution in [1.82, 2.24) is 19.9 Å². The average Bonchev–Trinajstić information content (AvgIpc) is 3.09. The van der Waals surface area contributed by atoms with Gasteiger partial charge >= 0.3 is 0 Å². The molecule has 3 rings (SSSR count). The number of amides is 1. The van der Waals surface area contributed by atoms with E-state index in [9.17, 15) is 4.79 Å². The molecule has 0 saturated carbocycles. The molecule has 0 aromatic carbocycles. The summed E-state index contributed by atoms with van der Waals surface area (Å²) in [5.74, 6) is 1.68. The zero-order chi connectivity index (χ0) is 14.8. The van der Waals surface area contributed by atoms with Crippen molar-refractivity contribution >= 4 is 11.6 Å². The molecule has 7 nitrogen and oxygen atoms in total. The predicted octanol–water partition coefficient (Wildman–Crippen LogP) is 1.57. The van der Waals surface area contributed by atoms with Crippen LogP contribution in [0.2, 0.25) is 0 Å². The van der Waals surface area contributed by atoms with Crippen molar-refractivity contribution in [3.05, 3.63) is 47.7 Å². The quantitative estimate of drug-likeness (QED) is 0.787. The van der Waals surface area contributed by atoms with Gasteiger partial charge < -0.3 is 14.5 Å². The molecule has 0 aliphatic heterocycles. The van der Waals surface area contributed by atoms with Gasteiger partial charge in [-0.25, -0.2) is 9.50 Å². The van der Waals surface area contributed by atoms with Gasteiger partial charge in [-0.3, -0.25) is 4.79 Å². The third kappa shape index (κ3) is 2.71. The maximum atomic E-state index is 12.1. The first-order chi connectivity index (χ1) is 10.2. The Bertz CT molecular complexity index is 790. The van der Waals surface area contributed by atoms with Gasteiger partial charge in [0.2, 0.25) is 5.88 Å². The number of ether oxygens (including phenoxy) is 1. The molecule has 3 aromatic rings. The third-order valence-electron chi connectivity index (χ3n) is 2.96. The molecule has 21 heavy (non-hydrogen) atoms. The first kappa shape index (κ1) is 13.2. The number of fused-ring (bicyclic) bond motifs is 1. The summed E-state index contributed by atoms with van der Waals surface area (Å²) in [5, 5.41) is 6.90. The van der Waals surface area contributed by atoms with Gasteiger partial charge in [0.25, 0.3) is 5.91 Å². The highest BCUT2D eigenvalue weighted by Crippen LogP contribution is 2.10. The lowest BCUT2D eigenvalue weighted by molar-refractivity contribution is 0.0943. The van der Waals surface area contributed by atoms with Crippen molar-refractivity contribution in [3.8, 4) is 5.88 Å². The van der Waals surface area contributed by atoms with Crippen LogP contribution in [-0.4, -0.2) is 27.6 Å². The Morgan fingerprint density at radius 2 is 2.24 bits per heavy atom. The van der Waals surface area contributed by atoms with E-state index in [1.54, 1.807) is 18.3 Å². The van der Waals surface area contributed by atoms with E-state index in [0.717, 1.165) is 5.76 Å². The molecule has 0 aliphatic rings. The second kappa shape index (κ2) is 5.28. The van der Waals surface area contributed by atoms with Gasteiger partial charge in [0.05, 0.1) is 19.9 Å². The Hall–Kier alpha value is -2.83. The normalized spacial score (nSPS) is 10.8. The van der Waals surface area contributed by atoms with Crippen LogP contribution in [-0.2, 0) is 6.54 Å². The first-order valence-electron chi connectivity index (χ1n) is 6.39. The smallest absolute Gasteiger partial charge is 0.271 e. The van der Waals surface area contributed by atoms with Crippen LogP contribution in [0.1, 0.15) is 22.0 Å². The van der Waals surface area contributed by atoms with Crippen molar-refractivity contribution in [1.29, 1.82) is 0 Å². The van der Waals surface area contributed by atoms with E-state index in [1.807, 2.05) is 19.1 Å². The Balaban J connectivity index is 1.75. The molecule has 0 unspecified atom stereocenters. The van der Waals surface area contributed by atoms with Crippen LogP contribution >= 0.6 is 0 Å². The molecule has 0 saturated heterocycles. The maximum Gasteiger partial charge on any atom is 0.271 e. The summed E-state index contributed by atoms with van der Waals surface area (Å²) in [6.07, 6.45) is 1.56. The van der Waals surface area contributed by atoms with E-state index in [1.165, 1.54) is 11.6 Å². The molecule has 3 heterocycles. The summed E-state index contributed by atoms with van der Waals surface area (Å²) in [4.78, 5) is 16.3. The van der Waals surface area contributed by atoms with E-state index >= 15 is 0 Å². The minimum Gasteiger partial charge on any atom is -0.480 e. The molecule has 1 N–H and O–H groups in total. The van der Waals surface area contributed by atoms with Gasteiger partial charge in [0, 0.05) is 6.07 Å². The number of nitrogens with one attached hydrogen (secondary N) is 1. The summed E-state index contributed by atoms with van der Waals surface area (Å²) in [5.41, 5.74) is 0.869. The number of carbonyl (C=O) groups is 1. The predicted molar refractivity (Wildman–Crippen MR) is 74.2 cm³/mol. The Morgan fingerprint density at radius 3 is 2.95 bits per heavy atom. The van der Waals surface area contributed by atoms with Gasteiger partial charge in [-0.2, -0.15) is 0 Å².